The molecular formula is C9H5BrCl2N2. The summed E-state index contributed by atoms with van der Waals surface area (Å²) in [6, 6.07) is 5.47. The third-order valence-corrected chi connectivity index (χ3v) is 3.23. The Morgan fingerprint density at radius 1 is 1.29 bits per heavy atom. The summed E-state index contributed by atoms with van der Waals surface area (Å²) in [6.07, 6.45) is 1.67. The molecule has 0 unspecified atom stereocenters. The molecule has 0 bridgehead atoms. The van der Waals surface area contributed by atoms with Crippen LogP contribution in [0.25, 0.3) is 11.3 Å². The van der Waals surface area contributed by atoms with E-state index in [1.807, 2.05) is 12.1 Å². The fourth-order valence-electron chi connectivity index (χ4n) is 1.16. The third kappa shape index (κ3) is 1.67. The normalized spacial score (nSPS) is 10.5. The van der Waals surface area contributed by atoms with Crippen molar-refractivity contribution in [1.29, 1.82) is 0 Å². The van der Waals surface area contributed by atoms with Crippen LogP contribution in [0.5, 0.6) is 0 Å². The predicted octanol–water partition coefficient (Wildman–Crippen LogP) is 4.15. The number of nitrogens with one attached hydrogen (secondary N) is 1. The largest absolute Gasteiger partial charge is 0.277 e. The molecule has 0 spiro atoms. The minimum absolute atomic E-state index is 0.527. The van der Waals surface area contributed by atoms with Crippen molar-refractivity contribution in [2.24, 2.45) is 0 Å². The molecule has 0 saturated heterocycles. The first-order valence-electron chi connectivity index (χ1n) is 3.83. The molecule has 2 nitrogen and oxygen atoms in total. The maximum Gasteiger partial charge on any atom is 0.0807 e. The lowest BCUT2D eigenvalue weighted by Crippen LogP contribution is -1.81. The van der Waals surface area contributed by atoms with Crippen molar-refractivity contribution in [2.75, 3.05) is 0 Å². The van der Waals surface area contributed by atoms with Crippen molar-refractivity contribution in [3.8, 4) is 11.3 Å². The van der Waals surface area contributed by atoms with E-state index in [4.69, 9.17) is 23.2 Å². The smallest absolute Gasteiger partial charge is 0.0807 e. The second kappa shape index (κ2) is 3.93. The molecule has 0 atom stereocenters. The van der Waals surface area contributed by atoms with Gasteiger partial charge in [0.25, 0.3) is 0 Å². The molecule has 0 amide bonds. The summed E-state index contributed by atoms with van der Waals surface area (Å²) in [5, 5.41) is 7.81. The van der Waals surface area contributed by atoms with Crippen LogP contribution in [0.15, 0.2) is 28.9 Å². The van der Waals surface area contributed by atoms with E-state index in [1.54, 1.807) is 12.3 Å². The minimum atomic E-state index is 0.527. The van der Waals surface area contributed by atoms with Gasteiger partial charge in [0.15, 0.2) is 0 Å². The van der Waals surface area contributed by atoms with E-state index in [0.717, 1.165) is 15.7 Å². The van der Waals surface area contributed by atoms with Crippen LogP contribution in [0.3, 0.4) is 0 Å². The number of hydrogen-bond acceptors (Lipinski definition) is 1. The van der Waals surface area contributed by atoms with Crippen LogP contribution in [0.2, 0.25) is 10.0 Å². The van der Waals surface area contributed by atoms with Crippen LogP contribution >= 0.6 is 39.1 Å². The van der Waals surface area contributed by atoms with E-state index in [1.165, 1.54) is 0 Å². The number of rotatable bonds is 1. The van der Waals surface area contributed by atoms with Crippen LogP contribution in [0.4, 0.5) is 0 Å². The molecule has 2 rings (SSSR count). The minimum Gasteiger partial charge on any atom is -0.277 e. The molecule has 1 aromatic heterocycles. The number of benzene rings is 1. The summed E-state index contributed by atoms with van der Waals surface area (Å²) in [6.45, 7) is 0. The summed E-state index contributed by atoms with van der Waals surface area (Å²) in [5.74, 6) is 0. The van der Waals surface area contributed by atoms with E-state index in [9.17, 15) is 0 Å². The standard InChI is InChI=1S/C9H5BrCl2N2/c10-6-4-13-14-9(6)5-2-1-3-7(11)8(5)12/h1-4H,(H,13,14). The average Bonchev–Trinajstić information content (AvgIpc) is 2.57. The fourth-order valence-corrected chi connectivity index (χ4v) is 1.96. The van der Waals surface area contributed by atoms with Crippen molar-refractivity contribution in [1.82, 2.24) is 10.2 Å². The van der Waals surface area contributed by atoms with Gasteiger partial charge in [-0.25, -0.2) is 0 Å². The zero-order valence-electron chi connectivity index (χ0n) is 6.89. The van der Waals surface area contributed by atoms with Gasteiger partial charge in [-0.2, -0.15) is 5.10 Å². The Bertz CT molecular complexity index is 468. The third-order valence-electron chi connectivity index (χ3n) is 1.81. The maximum atomic E-state index is 6.06. The topological polar surface area (TPSA) is 28.7 Å². The second-order valence-electron chi connectivity index (χ2n) is 2.69. The van der Waals surface area contributed by atoms with Crippen LogP contribution in [-0.2, 0) is 0 Å². The average molecular weight is 292 g/mol. The molecule has 1 aromatic carbocycles. The molecule has 14 heavy (non-hydrogen) atoms. The van der Waals surface area contributed by atoms with E-state index in [2.05, 4.69) is 26.1 Å². The van der Waals surface area contributed by atoms with Crippen molar-refractivity contribution in [3.05, 3.63) is 38.9 Å². The molecule has 2 aromatic rings. The molecular weight excluding hydrogens is 287 g/mol. The van der Waals surface area contributed by atoms with Gasteiger partial charge < -0.3 is 0 Å². The summed E-state index contributed by atoms with van der Waals surface area (Å²) >= 11 is 15.3. The van der Waals surface area contributed by atoms with E-state index in [-0.39, 0.29) is 0 Å². The van der Waals surface area contributed by atoms with Crippen LogP contribution in [0, 0.1) is 0 Å². The van der Waals surface area contributed by atoms with E-state index < -0.39 is 0 Å². The van der Waals surface area contributed by atoms with Gasteiger partial charge in [-0.05, 0) is 22.0 Å². The van der Waals surface area contributed by atoms with Gasteiger partial charge in [0.05, 0.1) is 26.4 Å². The van der Waals surface area contributed by atoms with E-state index >= 15 is 0 Å². The van der Waals surface area contributed by atoms with Crippen molar-refractivity contribution in [3.63, 3.8) is 0 Å². The van der Waals surface area contributed by atoms with Gasteiger partial charge in [-0.3, -0.25) is 5.10 Å². The first-order chi connectivity index (χ1) is 6.70. The van der Waals surface area contributed by atoms with Crippen molar-refractivity contribution < 1.29 is 0 Å². The Balaban J connectivity index is 2.63. The lowest BCUT2D eigenvalue weighted by Gasteiger charge is -2.03. The van der Waals surface area contributed by atoms with Crippen molar-refractivity contribution in [2.45, 2.75) is 0 Å². The maximum absolute atomic E-state index is 6.06. The zero-order chi connectivity index (χ0) is 10.1. The van der Waals surface area contributed by atoms with Gasteiger partial charge in [-0.15, -0.1) is 0 Å². The van der Waals surface area contributed by atoms with Gasteiger partial charge in [0, 0.05) is 5.56 Å². The molecule has 0 saturated carbocycles. The lowest BCUT2D eigenvalue weighted by atomic mass is 10.1. The number of H-pyrrole nitrogens is 1. The highest BCUT2D eigenvalue weighted by Crippen LogP contribution is 2.35. The molecule has 0 aliphatic carbocycles. The van der Waals surface area contributed by atoms with E-state index in [0.29, 0.717) is 10.0 Å². The first-order valence-corrected chi connectivity index (χ1v) is 5.38. The number of halogens is 3. The summed E-state index contributed by atoms with van der Waals surface area (Å²) in [7, 11) is 0. The van der Waals surface area contributed by atoms with Crippen LogP contribution in [-0.4, -0.2) is 10.2 Å². The Hall–Kier alpha value is -0.510. The molecule has 1 N–H and O–H groups in total. The molecule has 0 aliphatic heterocycles. The highest BCUT2D eigenvalue weighted by molar-refractivity contribution is 9.10. The highest BCUT2D eigenvalue weighted by Gasteiger charge is 2.10. The van der Waals surface area contributed by atoms with Gasteiger partial charge in [0.2, 0.25) is 0 Å². The molecule has 1 heterocycles. The number of aromatic nitrogens is 2. The predicted molar refractivity (Wildman–Crippen MR) is 61.7 cm³/mol. The molecule has 0 aliphatic rings. The monoisotopic (exact) mass is 290 g/mol. The van der Waals surface area contributed by atoms with Gasteiger partial charge in [-0.1, -0.05) is 35.3 Å². The number of aromatic amines is 1. The summed E-state index contributed by atoms with van der Waals surface area (Å²) in [4.78, 5) is 0. The number of hydrogen-bond donors (Lipinski definition) is 1. The summed E-state index contributed by atoms with van der Waals surface area (Å²) < 4.78 is 0.863. The quantitative estimate of drug-likeness (QED) is 0.840. The number of nitrogens with zero attached hydrogens (tertiary/aromatic N) is 1. The van der Waals surface area contributed by atoms with Gasteiger partial charge >= 0.3 is 0 Å². The Labute approximate surface area is 99.4 Å². The SMILES string of the molecule is Clc1cccc(-c2[nH]ncc2Br)c1Cl. The highest BCUT2D eigenvalue weighted by atomic mass is 79.9. The second-order valence-corrected chi connectivity index (χ2v) is 4.33. The molecule has 0 radical (unpaired) electrons. The first kappa shape index (κ1) is 10.0. The Morgan fingerprint density at radius 3 is 2.71 bits per heavy atom. The fraction of sp³-hybridized carbons (Fsp3) is 0. The van der Waals surface area contributed by atoms with Gasteiger partial charge in [0.1, 0.15) is 0 Å². The van der Waals surface area contributed by atoms with Crippen molar-refractivity contribution >= 4 is 39.1 Å². The molecule has 5 heteroatoms. The molecule has 72 valence electrons. The lowest BCUT2D eigenvalue weighted by molar-refractivity contribution is 1.10. The Morgan fingerprint density at radius 2 is 2.07 bits per heavy atom. The summed E-state index contributed by atoms with van der Waals surface area (Å²) in [5.41, 5.74) is 1.67. The zero-order valence-corrected chi connectivity index (χ0v) is 9.99. The van der Waals surface area contributed by atoms with Crippen LogP contribution in [0.1, 0.15) is 0 Å². The Kier molecular flexibility index (Phi) is 2.81. The molecule has 0 fully saturated rings. The van der Waals surface area contributed by atoms with Crippen LogP contribution < -0.4 is 0 Å².